The van der Waals surface area contributed by atoms with Crippen LogP contribution in [0.15, 0.2) is 48.8 Å². The Balaban J connectivity index is 1.26. The van der Waals surface area contributed by atoms with Crippen molar-refractivity contribution in [1.29, 1.82) is 0 Å². The van der Waals surface area contributed by atoms with Crippen LogP contribution in [0.1, 0.15) is 30.9 Å². The number of carbonyl (C=O) groups is 2. The summed E-state index contributed by atoms with van der Waals surface area (Å²) in [6.07, 6.45) is 5.56. The minimum Gasteiger partial charge on any atom is -0.341 e. The van der Waals surface area contributed by atoms with Gasteiger partial charge in [-0.05, 0) is 55.2 Å². The van der Waals surface area contributed by atoms with Crippen LogP contribution in [0.25, 0.3) is 0 Å². The monoisotopic (exact) mass is 413 g/mol. The number of hydrogen-bond donors (Lipinski definition) is 3. The van der Waals surface area contributed by atoms with Gasteiger partial charge in [0.25, 0.3) is 0 Å². The lowest BCUT2D eigenvalue weighted by Gasteiger charge is -2.32. The van der Waals surface area contributed by atoms with Crippen molar-refractivity contribution in [1.82, 2.24) is 20.7 Å². The van der Waals surface area contributed by atoms with Crippen molar-refractivity contribution in [2.24, 2.45) is 5.92 Å². The fourth-order valence-electron chi connectivity index (χ4n) is 3.88. The SMILES string of the molecule is O=C(Nc1ccc(Cl)cc1)C1CCN(C(=O)C2CC(c3cccnc3)NN2)CC1. The average Bonchev–Trinajstić information content (AvgIpc) is 3.26. The molecular formula is C21H24ClN5O2. The van der Waals surface area contributed by atoms with Gasteiger partial charge >= 0.3 is 0 Å². The standard InChI is InChI=1S/C21H24ClN5O2/c22-16-3-5-17(6-4-16)24-20(28)14-7-10-27(11-8-14)21(29)19-12-18(25-26-19)15-2-1-9-23-13-15/h1-6,9,13-14,18-19,25-26H,7-8,10-12H2,(H,24,28). The summed E-state index contributed by atoms with van der Waals surface area (Å²) in [6, 6.07) is 10.8. The lowest BCUT2D eigenvalue weighted by atomic mass is 9.94. The number of hydrogen-bond acceptors (Lipinski definition) is 5. The molecule has 3 heterocycles. The molecule has 152 valence electrons. The highest BCUT2D eigenvalue weighted by Gasteiger charge is 2.35. The van der Waals surface area contributed by atoms with Crippen LogP contribution in [-0.2, 0) is 9.59 Å². The number of aromatic nitrogens is 1. The Morgan fingerprint density at radius 2 is 1.86 bits per heavy atom. The van der Waals surface area contributed by atoms with Gasteiger partial charge < -0.3 is 10.2 Å². The second-order valence-electron chi connectivity index (χ2n) is 7.51. The molecule has 0 aliphatic carbocycles. The number of nitrogens with one attached hydrogen (secondary N) is 3. The molecule has 2 aliphatic heterocycles. The van der Waals surface area contributed by atoms with Gasteiger partial charge in [0.05, 0.1) is 0 Å². The molecule has 2 atom stereocenters. The van der Waals surface area contributed by atoms with Crippen LogP contribution in [0, 0.1) is 5.92 Å². The van der Waals surface area contributed by atoms with Gasteiger partial charge in [0, 0.05) is 48.2 Å². The molecule has 2 aliphatic rings. The number of benzene rings is 1. The first-order chi connectivity index (χ1) is 14.1. The van der Waals surface area contributed by atoms with Gasteiger partial charge in [-0.25, -0.2) is 10.9 Å². The number of rotatable bonds is 4. The molecular weight excluding hydrogens is 390 g/mol. The molecule has 0 bridgehead atoms. The van der Waals surface area contributed by atoms with E-state index in [1.807, 2.05) is 23.2 Å². The Labute approximate surface area is 174 Å². The van der Waals surface area contributed by atoms with Gasteiger partial charge in [-0.3, -0.25) is 14.6 Å². The first-order valence-electron chi connectivity index (χ1n) is 9.86. The summed E-state index contributed by atoms with van der Waals surface area (Å²) in [4.78, 5) is 31.4. The Hall–Kier alpha value is -2.48. The summed E-state index contributed by atoms with van der Waals surface area (Å²) >= 11 is 5.88. The van der Waals surface area contributed by atoms with E-state index >= 15 is 0 Å². The summed E-state index contributed by atoms with van der Waals surface area (Å²) in [7, 11) is 0. The Morgan fingerprint density at radius 1 is 1.10 bits per heavy atom. The molecule has 4 rings (SSSR count). The fraction of sp³-hybridized carbons (Fsp3) is 0.381. The molecule has 2 amide bonds. The number of carbonyl (C=O) groups excluding carboxylic acids is 2. The van der Waals surface area contributed by atoms with E-state index in [4.69, 9.17) is 11.6 Å². The molecule has 2 unspecified atom stereocenters. The maximum absolute atomic E-state index is 12.9. The van der Waals surface area contributed by atoms with Gasteiger partial charge in [-0.1, -0.05) is 17.7 Å². The van der Waals surface area contributed by atoms with E-state index < -0.39 is 0 Å². The molecule has 0 saturated carbocycles. The normalized spacial score (nSPS) is 22.4. The van der Waals surface area contributed by atoms with Crippen LogP contribution >= 0.6 is 11.6 Å². The van der Waals surface area contributed by atoms with E-state index in [1.165, 1.54) is 0 Å². The molecule has 2 saturated heterocycles. The minimum atomic E-state index is -0.264. The highest BCUT2D eigenvalue weighted by Crippen LogP contribution is 2.25. The third-order valence-corrected chi connectivity index (χ3v) is 5.83. The maximum Gasteiger partial charge on any atom is 0.241 e. The molecule has 2 aromatic rings. The summed E-state index contributed by atoms with van der Waals surface area (Å²) in [5.74, 6) is -0.00953. The van der Waals surface area contributed by atoms with Crippen LogP contribution in [0.5, 0.6) is 0 Å². The molecule has 7 nitrogen and oxygen atoms in total. The Bertz CT molecular complexity index is 853. The van der Waals surface area contributed by atoms with E-state index in [0.29, 0.717) is 37.4 Å². The van der Waals surface area contributed by atoms with Crippen LogP contribution < -0.4 is 16.2 Å². The van der Waals surface area contributed by atoms with Gasteiger partial charge in [0.1, 0.15) is 6.04 Å². The van der Waals surface area contributed by atoms with E-state index in [0.717, 1.165) is 11.3 Å². The predicted molar refractivity (Wildman–Crippen MR) is 111 cm³/mol. The first kappa shape index (κ1) is 19.8. The van der Waals surface area contributed by atoms with Crippen molar-refractivity contribution >= 4 is 29.1 Å². The number of amides is 2. The first-order valence-corrected chi connectivity index (χ1v) is 10.2. The number of halogens is 1. The van der Waals surface area contributed by atoms with Crippen molar-refractivity contribution < 1.29 is 9.59 Å². The predicted octanol–water partition coefficient (Wildman–Crippen LogP) is 2.52. The number of anilines is 1. The van der Waals surface area contributed by atoms with Crippen molar-refractivity contribution in [2.75, 3.05) is 18.4 Å². The average molecular weight is 414 g/mol. The second kappa shape index (κ2) is 8.90. The summed E-state index contributed by atoms with van der Waals surface area (Å²) in [5, 5.41) is 3.57. The zero-order valence-electron chi connectivity index (χ0n) is 16.0. The summed E-state index contributed by atoms with van der Waals surface area (Å²) in [6.45, 7) is 1.18. The topological polar surface area (TPSA) is 86.4 Å². The lowest BCUT2D eigenvalue weighted by molar-refractivity contribution is -0.136. The molecule has 2 fully saturated rings. The van der Waals surface area contributed by atoms with Gasteiger partial charge in [-0.15, -0.1) is 0 Å². The van der Waals surface area contributed by atoms with Crippen LogP contribution in [0.4, 0.5) is 5.69 Å². The number of pyridine rings is 1. The molecule has 29 heavy (non-hydrogen) atoms. The fourth-order valence-corrected chi connectivity index (χ4v) is 4.00. The van der Waals surface area contributed by atoms with Crippen molar-refractivity contribution in [3.63, 3.8) is 0 Å². The third kappa shape index (κ3) is 4.75. The zero-order valence-corrected chi connectivity index (χ0v) is 16.7. The molecule has 1 aromatic carbocycles. The quantitative estimate of drug-likeness (QED) is 0.717. The van der Waals surface area contributed by atoms with Crippen molar-refractivity contribution in [3.8, 4) is 0 Å². The maximum atomic E-state index is 12.9. The third-order valence-electron chi connectivity index (χ3n) is 5.58. The Morgan fingerprint density at radius 3 is 2.55 bits per heavy atom. The zero-order chi connectivity index (χ0) is 20.2. The number of piperidine rings is 1. The summed E-state index contributed by atoms with van der Waals surface area (Å²) < 4.78 is 0. The van der Waals surface area contributed by atoms with Crippen LogP contribution in [0.3, 0.4) is 0 Å². The van der Waals surface area contributed by atoms with Crippen molar-refractivity contribution in [3.05, 3.63) is 59.4 Å². The van der Waals surface area contributed by atoms with E-state index in [2.05, 4.69) is 21.2 Å². The second-order valence-corrected chi connectivity index (χ2v) is 7.95. The van der Waals surface area contributed by atoms with Crippen molar-refractivity contribution in [2.45, 2.75) is 31.3 Å². The lowest BCUT2D eigenvalue weighted by Crippen LogP contribution is -2.49. The molecule has 0 spiro atoms. The highest BCUT2D eigenvalue weighted by atomic mass is 35.5. The largest absolute Gasteiger partial charge is 0.341 e. The smallest absolute Gasteiger partial charge is 0.241 e. The number of hydrazine groups is 1. The molecule has 1 aromatic heterocycles. The van der Waals surface area contributed by atoms with E-state index in [9.17, 15) is 9.59 Å². The number of nitrogens with zero attached hydrogens (tertiary/aromatic N) is 2. The number of likely N-dealkylation sites (tertiary alicyclic amines) is 1. The summed E-state index contributed by atoms with van der Waals surface area (Å²) in [5.41, 5.74) is 8.10. The van der Waals surface area contributed by atoms with Gasteiger partial charge in [0.2, 0.25) is 11.8 Å². The molecule has 0 radical (unpaired) electrons. The van der Waals surface area contributed by atoms with E-state index in [1.54, 1.807) is 30.5 Å². The van der Waals surface area contributed by atoms with E-state index in [-0.39, 0.29) is 29.8 Å². The molecule has 3 N–H and O–H groups in total. The highest BCUT2D eigenvalue weighted by molar-refractivity contribution is 6.30. The van der Waals surface area contributed by atoms with Crippen LogP contribution in [-0.4, -0.2) is 40.8 Å². The Kier molecular flexibility index (Phi) is 6.08. The minimum absolute atomic E-state index is 0.00304. The molecule has 8 heteroatoms. The van der Waals surface area contributed by atoms with Gasteiger partial charge in [0.15, 0.2) is 0 Å². The van der Waals surface area contributed by atoms with Gasteiger partial charge in [-0.2, -0.15) is 0 Å². The van der Waals surface area contributed by atoms with Crippen LogP contribution in [0.2, 0.25) is 5.02 Å².